The molecule has 3 heteroatoms. The lowest BCUT2D eigenvalue weighted by Crippen LogP contribution is -2.32. The van der Waals surface area contributed by atoms with Crippen molar-refractivity contribution in [3.63, 3.8) is 0 Å². The Morgan fingerprint density at radius 1 is 1.58 bits per heavy atom. The summed E-state index contributed by atoms with van der Waals surface area (Å²) in [6.07, 6.45) is 1.75. The van der Waals surface area contributed by atoms with Gasteiger partial charge in [0, 0.05) is 19.7 Å². The SMILES string of the molecule is C=CCOCCNC(C)COC. The highest BCUT2D eigenvalue weighted by Crippen LogP contribution is 1.81. The molecule has 0 spiro atoms. The van der Waals surface area contributed by atoms with Crippen molar-refractivity contribution < 1.29 is 9.47 Å². The summed E-state index contributed by atoms with van der Waals surface area (Å²) >= 11 is 0. The maximum atomic E-state index is 5.19. The van der Waals surface area contributed by atoms with E-state index < -0.39 is 0 Å². The molecule has 1 atom stereocenters. The van der Waals surface area contributed by atoms with Crippen LogP contribution in [0.15, 0.2) is 12.7 Å². The number of methoxy groups -OCH3 is 1. The fraction of sp³-hybridized carbons (Fsp3) is 0.778. The fourth-order valence-corrected chi connectivity index (χ4v) is 0.853. The summed E-state index contributed by atoms with van der Waals surface area (Å²) in [7, 11) is 1.70. The van der Waals surface area contributed by atoms with Crippen molar-refractivity contribution in [1.29, 1.82) is 0 Å². The maximum Gasteiger partial charge on any atom is 0.0645 e. The Kier molecular flexibility index (Phi) is 8.44. The summed E-state index contributed by atoms with van der Waals surface area (Å²) in [5, 5.41) is 3.26. The second kappa shape index (κ2) is 8.71. The summed E-state index contributed by atoms with van der Waals surface area (Å²) in [5.41, 5.74) is 0. The number of hydrogen-bond acceptors (Lipinski definition) is 3. The zero-order valence-electron chi connectivity index (χ0n) is 8.01. The predicted molar refractivity (Wildman–Crippen MR) is 50.4 cm³/mol. The summed E-state index contributed by atoms with van der Waals surface area (Å²) in [4.78, 5) is 0. The van der Waals surface area contributed by atoms with Gasteiger partial charge in [0.2, 0.25) is 0 Å². The summed E-state index contributed by atoms with van der Waals surface area (Å²) in [5.74, 6) is 0. The average Bonchev–Trinajstić information content (AvgIpc) is 2.05. The minimum atomic E-state index is 0.391. The maximum absolute atomic E-state index is 5.19. The first-order valence-electron chi connectivity index (χ1n) is 4.22. The van der Waals surface area contributed by atoms with Gasteiger partial charge >= 0.3 is 0 Å². The molecule has 12 heavy (non-hydrogen) atoms. The zero-order chi connectivity index (χ0) is 9.23. The first-order chi connectivity index (χ1) is 5.81. The lowest BCUT2D eigenvalue weighted by atomic mass is 10.3. The van der Waals surface area contributed by atoms with Crippen LogP contribution in [0.1, 0.15) is 6.92 Å². The van der Waals surface area contributed by atoms with E-state index in [0.717, 1.165) is 19.8 Å². The van der Waals surface area contributed by atoms with Crippen LogP contribution in [0.2, 0.25) is 0 Å². The summed E-state index contributed by atoms with van der Waals surface area (Å²) in [6.45, 7) is 8.58. The molecule has 0 aliphatic rings. The summed E-state index contributed by atoms with van der Waals surface area (Å²) < 4.78 is 10.2. The van der Waals surface area contributed by atoms with Gasteiger partial charge in [-0.3, -0.25) is 0 Å². The van der Waals surface area contributed by atoms with Crippen molar-refractivity contribution in [2.75, 3.05) is 33.5 Å². The highest BCUT2D eigenvalue weighted by atomic mass is 16.5. The molecule has 72 valence electrons. The zero-order valence-corrected chi connectivity index (χ0v) is 8.01. The van der Waals surface area contributed by atoms with Crippen molar-refractivity contribution in [2.24, 2.45) is 0 Å². The third kappa shape index (κ3) is 7.72. The summed E-state index contributed by atoms with van der Waals surface area (Å²) in [6, 6.07) is 0.391. The van der Waals surface area contributed by atoms with Gasteiger partial charge < -0.3 is 14.8 Å². The number of rotatable bonds is 8. The molecule has 0 radical (unpaired) electrons. The molecule has 0 aliphatic carbocycles. The molecule has 0 saturated carbocycles. The molecular weight excluding hydrogens is 154 g/mol. The van der Waals surface area contributed by atoms with E-state index in [1.54, 1.807) is 13.2 Å². The topological polar surface area (TPSA) is 30.5 Å². The van der Waals surface area contributed by atoms with Gasteiger partial charge in [0.1, 0.15) is 0 Å². The van der Waals surface area contributed by atoms with Gasteiger partial charge in [-0.25, -0.2) is 0 Å². The van der Waals surface area contributed by atoms with Crippen LogP contribution in [0.4, 0.5) is 0 Å². The van der Waals surface area contributed by atoms with Crippen molar-refractivity contribution in [2.45, 2.75) is 13.0 Å². The lowest BCUT2D eigenvalue weighted by molar-refractivity contribution is 0.144. The molecule has 0 amide bonds. The number of hydrogen-bond donors (Lipinski definition) is 1. The first kappa shape index (κ1) is 11.6. The van der Waals surface area contributed by atoms with Crippen LogP contribution >= 0.6 is 0 Å². The van der Waals surface area contributed by atoms with Crippen molar-refractivity contribution in [1.82, 2.24) is 5.32 Å². The predicted octanol–water partition coefficient (Wildman–Crippen LogP) is 0.813. The molecule has 1 unspecified atom stereocenters. The van der Waals surface area contributed by atoms with Crippen molar-refractivity contribution in [3.05, 3.63) is 12.7 Å². The molecule has 1 N–H and O–H groups in total. The van der Waals surface area contributed by atoms with Gasteiger partial charge in [0.15, 0.2) is 0 Å². The van der Waals surface area contributed by atoms with E-state index >= 15 is 0 Å². The molecule has 0 aromatic heterocycles. The van der Waals surface area contributed by atoms with E-state index in [-0.39, 0.29) is 0 Å². The second-order valence-electron chi connectivity index (χ2n) is 2.67. The Hall–Kier alpha value is -0.380. The Labute approximate surface area is 74.7 Å². The van der Waals surface area contributed by atoms with Crippen LogP contribution in [0.3, 0.4) is 0 Å². The lowest BCUT2D eigenvalue weighted by Gasteiger charge is -2.11. The minimum absolute atomic E-state index is 0.391. The van der Waals surface area contributed by atoms with Crippen LogP contribution < -0.4 is 5.32 Å². The van der Waals surface area contributed by atoms with Crippen molar-refractivity contribution in [3.8, 4) is 0 Å². The Morgan fingerprint density at radius 2 is 2.33 bits per heavy atom. The van der Waals surface area contributed by atoms with Gasteiger partial charge in [0.05, 0.1) is 19.8 Å². The average molecular weight is 173 g/mol. The van der Waals surface area contributed by atoms with E-state index in [4.69, 9.17) is 9.47 Å². The Balaban J connectivity index is 3.02. The van der Waals surface area contributed by atoms with E-state index in [1.165, 1.54) is 0 Å². The Morgan fingerprint density at radius 3 is 2.92 bits per heavy atom. The fourth-order valence-electron chi connectivity index (χ4n) is 0.853. The first-order valence-corrected chi connectivity index (χ1v) is 4.22. The quantitative estimate of drug-likeness (QED) is 0.435. The molecule has 0 bridgehead atoms. The van der Waals surface area contributed by atoms with Crippen LogP contribution in [0.5, 0.6) is 0 Å². The highest BCUT2D eigenvalue weighted by Gasteiger charge is 1.97. The second-order valence-corrected chi connectivity index (χ2v) is 2.67. The van der Waals surface area contributed by atoms with Gasteiger partial charge in [-0.15, -0.1) is 6.58 Å². The van der Waals surface area contributed by atoms with Gasteiger partial charge in [-0.2, -0.15) is 0 Å². The molecule has 0 heterocycles. The molecule has 0 aromatic rings. The smallest absolute Gasteiger partial charge is 0.0645 e. The van der Waals surface area contributed by atoms with Gasteiger partial charge in [-0.05, 0) is 6.92 Å². The van der Waals surface area contributed by atoms with E-state index in [9.17, 15) is 0 Å². The molecule has 3 nitrogen and oxygen atoms in total. The van der Waals surface area contributed by atoms with Crippen molar-refractivity contribution >= 4 is 0 Å². The van der Waals surface area contributed by atoms with Crippen LogP contribution in [0, 0.1) is 0 Å². The largest absolute Gasteiger partial charge is 0.383 e. The number of nitrogens with one attached hydrogen (secondary N) is 1. The van der Waals surface area contributed by atoms with Gasteiger partial charge in [-0.1, -0.05) is 6.08 Å². The monoisotopic (exact) mass is 173 g/mol. The number of ether oxygens (including phenoxy) is 2. The standard InChI is InChI=1S/C9H19NO2/c1-4-6-12-7-5-10-9(2)8-11-3/h4,9-10H,1,5-8H2,2-3H3. The molecule has 0 saturated heterocycles. The van der Waals surface area contributed by atoms with E-state index in [1.807, 2.05) is 0 Å². The van der Waals surface area contributed by atoms with Crippen LogP contribution in [-0.2, 0) is 9.47 Å². The third-order valence-electron chi connectivity index (χ3n) is 1.39. The molecule has 0 rings (SSSR count). The highest BCUT2D eigenvalue weighted by molar-refractivity contribution is 4.64. The molecule has 0 aliphatic heterocycles. The molecule has 0 aromatic carbocycles. The normalized spacial score (nSPS) is 12.8. The molecule has 0 fully saturated rings. The van der Waals surface area contributed by atoms with Crippen LogP contribution in [-0.4, -0.2) is 39.5 Å². The van der Waals surface area contributed by atoms with Crippen LogP contribution in [0.25, 0.3) is 0 Å². The Bertz CT molecular complexity index is 107. The van der Waals surface area contributed by atoms with E-state index in [2.05, 4.69) is 18.8 Å². The van der Waals surface area contributed by atoms with Gasteiger partial charge in [0.25, 0.3) is 0 Å². The minimum Gasteiger partial charge on any atom is -0.383 e. The third-order valence-corrected chi connectivity index (χ3v) is 1.39. The van der Waals surface area contributed by atoms with E-state index in [0.29, 0.717) is 12.6 Å². The molecular formula is C9H19NO2.